The number of anilines is 1. The summed E-state index contributed by atoms with van der Waals surface area (Å²) in [5.74, 6) is 0. The van der Waals surface area contributed by atoms with Crippen LogP contribution in [0.2, 0.25) is 6.82 Å². The molecule has 0 fully saturated rings. The quantitative estimate of drug-likeness (QED) is 0.768. The topological polar surface area (TPSA) is 12.0 Å². The molecule has 1 N–H and O–H groups in total. The van der Waals surface area contributed by atoms with Crippen LogP contribution in [0.1, 0.15) is 12.0 Å². The maximum atomic E-state index is 4.11. The highest BCUT2D eigenvalue weighted by Crippen LogP contribution is 2.25. The molecule has 0 aliphatic heterocycles. The van der Waals surface area contributed by atoms with Crippen LogP contribution in [-0.4, -0.2) is 7.28 Å². The Bertz CT molecular complexity index is 480. The molecule has 86 valence electrons. The Balaban J connectivity index is 1.97. The van der Waals surface area contributed by atoms with Crippen molar-refractivity contribution >= 4 is 13.0 Å². The lowest BCUT2D eigenvalue weighted by Gasteiger charge is -2.11. The van der Waals surface area contributed by atoms with E-state index >= 15 is 0 Å². The number of hydrogen-bond acceptors (Lipinski definition) is 1. The van der Waals surface area contributed by atoms with Gasteiger partial charge >= 0.3 is 0 Å². The number of nitrogens with one attached hydrogen (secondary N) is 1. The first-order chi connectivity index (χ1) is 8.19. The minimum Gasteiger partial charge on any atom is -0.356 e. The summed E-state index contributed by atoms with van der Waals surface area (Å²) in [6.07, 6.45) is 5.41. The zero-order valence-electron chi connectivity index (χ0n) is 10.6. The minimum absolute atomic E-state index is 1.01. The zero-order chi connectivity index (χ0) is 12.3. The maximum Gasteiger partial charge on any atom is 0.149 e. The van der Waals surface area contributed by atoms with Crippen molar-refractivity contribution in [3.05, 3.63) is 65.3 Å². The van der Waals surface area contributed by atoms with E-state index in [1.54, 1.807) is 0 Å². The maximum absolute atomic E-state index is 4.11. The molecule has 0 bridgehead atoms. The van der Waals surface area contributed by atoms with E-state index in [1.807, 2.05) is 0 Å². The first kappa shape index (κ1) is 11.8. The molecule has 0 heterocycles. The highest BCUT2D eigenvalue weighted by Gasteiger charge is 2.10. The van der Waals surface area contributed by atoms with Crippen LogP contribution in [-0.2, 0) is 0 Å². The third-order valence-corrected chi connectivity index (χ3v) is 3.13. The smallest absolute Gasteiger partial charge is 0.149 e. The van der Waals surface area contributed by atoms with Crippen LogP contribution in [0.25, 0.3) is 0 Å². The van der Waals surface area contributed by atoms with E-state index in [4.69, 9.17) is 0 Å². The van der Waals surface area contributed by atoms with Crippen LogP contribution in [0.5, 0.6) is 0 Å². The number of rotatable bonds is 4. The molecule has 2 heteroatoms. The second-order valence-corrected chi connectivity index (χ2v) is 4.52. The summed E-state index contributed by atoms with van der Waals surface area (Å²) >= 11 is 0. The fourth-order valence-corrected chi connectivity index (χ4v) is 1.92. The summed E-state index contributed by atoms with van der Waals surface area (Å²) in [5, 5.41) is 3.36. The number of benzene rings is 1. The Labute approximate surface area is 104 Å². The van der Waals surface area contributed by atoms with Crippen molar-refractivity contribution in [2.75, 3.05) is 5.32 Å². The van der Waals surface area contributed by atoms with Crippen molar-refractivity contribution in [3.63, 3.8) is 0 Å². The van der Waals surface area contributed by atoms with Crippen LogP contribution < -0.4 is 5.32 Å². The zero-order valence-corrected chi connectivity index (χ0v) is 10.6. The second kappa shape index (κ2) is 5.09. The second-order valence-electron chi connectivity index (χ2n) is 4.52. The molecular weight excluding hydrogens is 205 g/mol. The van der Waals surface area contributed by atoms with Crippen molar-refractivity contribution in [1.29, 1.82) is 0 Å². The van der Waals surface area contributed by atoms with Crippen LogP contribution in [0, 0.1) is 6.92 Å². The SMILES string of the molecule is C=C(Nc1ccc(C)cc1)C1=CC=C(BC)C1. The van der Waals surface area contributed by atoms with Crippen molar-refractivity contribution < 1.29 is 0 Å². The molecule has 2 rings (SSSR count). The summed E-state index contributed by atoms with van der Waals surface area (Å²) in [5.41, 5.74) is 6.16. The Morgan fingerprint density at radius 2 is 1.94 bits per heavy atom. The van der Waals surface area contributed by atoms with E-state index < -0.39 is 0 Å². The normalized spacial score (nSPS) is 14.0. The van der Waals surface area contributed by atoms with Gasteiger partial charge in [-0.3, -0.25) is 0 Å². The van der Waals surface area contributed by atoms with Crippen LogP contribution >= 0.6 is 0 Å². The average Bonchev–Trinajstić information content (AvgIpc) is 2.81. The number of hydrogen-bond donors (Lipinski definition) is 1. The molecule has 1 aliphatic rings. The largest absolute Gasteiger partial charge is 0.356 e. The van der Waals surface area contributed by atoms with E-state index in [1.165, 1.54) is 16.6 Å². The highest BCUT2D eigenvalue weighted by atomic mass is 14.9. The molecular formula is C15H18BN. The average molecular weight is 223 g/mol. The van der Waals surface area contributed by atoms with E-state index in [9.17, 15) is 0 Å². The first-order valence-electron chi connectivity index (χ1n) is 6.10. The van der Waals surface area contributed by atoms with Gasteiger partial charge in [-0.05, 0) is 31.1 Å². The molecule has 1 aliphatic carbocycles. The number of aryl methyl sites for hydroxylation is 1. The van der Waals surface area contributed by atoms with Crippen molar-refractivity contribution in [3.8, 4) is 0 Å². The Morgan fingerprint density at radius 1 is 1.24 bits per heavy atom. The molecule has 0 atom stereocenters. The molecule has 0 saturated carbocycles. The molecule has 0 saturated heterocycles. The molecule has 0 spiro atoms. The molecule has 0 amide bonds. The molecule has 1 aromatic rings. The molecule has 1 nitrogen and oxygen atoms in total. The standard InChI is InChI=1S/C15H18BN/c1-11-4-8-15(9-5-11)17-12(2)13-6-7-14(10-13)16-3/h4-9,16-17H,2,10H2,1,3H3. The molecule has 0 radical (unpaired) electrons. The molecule has 1 aromatic carbocycles. The van der Waals surface area contributed by atoms with Gasteiger partial charge in [0, 0.05) is 11.4 Å². The Morgan fingerprint density at radius 3 is 2.53 bits per heavy atom. The molecule has 0 aromatic heterocycles. The van der Waals surface area contributed by atoms with E-state index in [0.29, 0.717) is 0 Å². The van der Waals surface area contributed by atoms with Crippen molar-refractivity contribution in [2.24, 2.45) is 0 Å². The fourth-order valence-electron chi connectivity index (χ4n) is 1.92. The van der Waals surface area contributed by atoms with Crippen LogP contribution in [0.4, 0.5) is 5.69 Å². The Hall–Kier alpha value is -1.70. The lowest BCUT2D eigenvalue weighted by atomic mass is 9.71. The fraction of sp³-hybridized carbons (Fsp3) is 0.200. The van der Waals surface area contributed by atoms with Gasteiger partial charge < -0.3 is 5.32 Å². The summed E-state index contributed by atoms with van der Waals surface area (Å²) < 4.78 is 0. The minimum atomic E-state index is 1.01. The third-order valence-electron chi connectivity index (χ3n) is 3.13. The van der Waals surface area contributed by atoms with Gasteiger partial charge in [0.15, 0.2) is 0 Å². The summed E-state index contributed by atoms with van der Waals surface area (Å²) in [7, 11) is 1.12. The lowest BCUT2D eigenvalue weighted by molar-refractivity contribution is 1.23. The summed E-state index contributed by atoms with van der Waals surface area (Å²) in [4.78, 5) is 0. The highest BCUT2D eigenvalue weighted by molar-refractivity contribution is 6.44. The van der Waals surface area contributed by atoms with Gasteiger partial charge in [0.05, 0.1) is 0 Å². The monoisotopic (exact) mass is 223 g/mol. The molecule has 17 heavy (non-hydrogen) atoms. The van der Waals surface area contributed by atoms with Gasteiger partial charge in [0.2, 0.25) is 0 Å². The first-order valence-corrected chi connectivity index (χ1v) is 6.10. The van der Waals surface area contributed by atoms with Gasteiger partial charge in [0.25, 0.3) is 0 Å². The van der Waals surface area contributed by atoms with Crippen molar-refractivity contribution in [2.45, 2.75) is 20.2 Å². The summed E-state index contributed by atoms with van der Waals surface area (Å²) in [6, 6.07) is 8.39. The van der Waals surface area contributed by atoms with Crippen LogP contribution in [0.15, 0.2) is 59.7 Å². The predicted molar refractivity (Wildman–Crippen MR) is 77.7 cm³/mol. The third kappa shape index (κ3) is 2.91. The van der Waals surface area contributed by atoms with Crippen LogP contribution in [0.3, 0.4) is 0 Å². The van der Waals surface area contributed by atoms with Gasteiger partial charge in [0.1, 0.15) is 7.28 Å². The van der Waals surface area contributed by atoms with Gasteiger partial charge in [-0.2, -0.15) is 0 Å². The van der Waals surface area contributed by atoms with E-state index in [2.05, 4.69) is 62.1 Å². The Kier molecular flexibility index (Phi) is 3.53. The molecule has 0 unspecified atom stereocenters. The van der Waals surface area contributed by atoms with E-state index in [0.717, 1.165) is 25.1 Å². The van der Waals surface area contributed by atoms with Crippen molar-refractivity contribution in [1.82, 2.24) is 0 Å². The summed E-state index contributed by atoms with van der Waals surface area (Å²) in [6.45, 7) is 8.40. The number of allylic oxidation sites excluding steroid dienone is 4. The lowest BCUT2D eigenvalue weighted by Crippen LogP contribution is -2.01. The van der Waals surface area contributed by atoms with Gasteiger partial charge in [-0.15, -0.1) is 5.47 Å². The van der Waals surface area contributed by atoms with E-state index in [-0.39, 0.29) is 0 Å². The van der Waals surface area contributed by atoms with Gasteiger partial charge in [-0.1, -0.05) is 43.3 Å². The van der Waals surface area contributed by atoms with Gasteiger partial charge in [-0.25, -0.2) is 0 Å². The predicted octanol–water partition coefficient (Wildman–Crippen LogP) is 3.62.